The predicted molar refractivity (Wildman–Crippen MR) is 119 cm³/mol. The summed E-state index contributed by atoms with van der Waals surface area (Å²) >= 11 is 0. The van der Waals surface area contributed by atoms with E-state index in [1.165, 1.54) is 18.6 Å². The topological polar surface area (TPSA) is 101 Å². The summed E-state index contributed by atoms with van der Waals surface area (Å²) in [6.45, 7) is 9.79. The molecule has 3 aromatic heterocycles. The molecule has 1 aliphatic carbocycles. The second-order valence-electron chi connectivity index (χ2n) is 8.18. The number of ketones is 2. The number of nitrogens with zero attached hydrogens (tertiary/aromatic N) is 3. The first-order valence-electron chi connectivity index (χ1n) is 10.7. The molecule has 0 amide bonds. The van der Waals surface area contributed by atoms with Crippen molar-refractivity contribution in [2.75, 3.05) is 13.1 Å². The molecule has 8 heteroatoms. The minimum Gasteiger partial charge on any atom is -0.463 e. The Hall–Kier alpha value is -3.52. The summed E-state index contributed by atoms with van der Waals surface area (Å²) in [5.74, 6) is 0.118. The molecule has 0 fully saturated rings. The molecule has 166 valence electrons. The summed E-state index contributed by atoms with van der Waals surface area (Å²) in [5.41, 5.74) is 0.927. The van der Waals surface area contributed by atoms with Crippen molar-refractivity contribution in [2.24, 2.45) is 0 Å². The van der Waals surface area contributed by atoms with Crippen LogP contribution in [0, 0.1) is 0 Å². The largest absolute Gasteiger partial charge is 0.463 e. The second kappa shape index (κ2) is 8.92. The number of rotatable bonds is 8. The maximum absolute atomic E-state index is 13.2. The zero-order valence-corrected chi connectivity index (χ0v) is 18.6. The number of aromatic nitrogens is 2. The zero-order valence-electron chi connectivity index (χ0n) is 18.6. The molecule has 3 heterocycles. The molecule has 0 spiro atoms. The highest BCUT2D eigenvalue weighted by Gasteiger charge is 2.32. The number of furan rings is 2. The Morgan fingerprint density at radius 3 is 1.94 bits per heavy atom. The minimum atomic E-state index is -0.377. The molecular formula is C24H26N4O4. The standard InChI is InChI=1S/C24H26N4O4/c1-14(2)28(15(3)4)10-9-25-16-13-17(29)20-23(24(16)30)27-22(19-8-6-12-32-19)21(26-20)18-7-5-11-31-18/h5-8,11-15,25H,9-10H2,1-4H3. The molecule has 0 saturated carbocycles. The van der Waals surface area contributed by atoms with Crippen molar-refractivity contribution in [1.82, 2.24) is 20.2 Å². The van der Waals surface area contributed by atoms with Crippen LogP contribution in [0.15, 0.2) is 57.4 Å². The van der Waals surface area contributed by atoms with Crippen LogP contribution in [-0.2, 0) is 0 Å². The molecule has 4 rings (SSSR count). The van der Waals surface area contributed by atoms with Crippen LogP contribution >= 0.6 is 0 Å². The van der Waals surface area contributed by atoms with Gasteiger partial charge in [0, 0.05) is 31.2 Å². The lowest BCUT2D eigenvalue weighted by atomic mass is 10.0. The lowest BCUT2D eigenvalue weighted by Crippen LogP contribution is -2.42. The average molecular weight is 434 g/mol. The van der Waals surface area contributed by atoms with Gasteiger partial charge in [-0.1, -0.05) is 0 Å². The van der Waals surface area contributed by atoms with Crippen LogP contribution in [0.2, 0.25) is 0 Å². The molecule has 1 N–H and O–H groups in total. The van der Waals surface area contributed by atoms with E-state index >= 15 is 0 Å². The van der Waals surface area contributed by atoms with Crippen LogP contribution in [0.5, 0.6) is 0 Å². The van der Waals surface area contributed by atoms with Crippen LogP contribution in [-0.4, -0.2) is 51.6 Å². The molecule has 32 heavy (non-hydrogen) atoms. The number of nitrogens with one attached hydrogen (secondary N) is 1. The molecule has 0 atom stereocenters. The van der Waals surface area contributed by atoms with Gasteiger partial charge in [0.05, 0.1) is 18.2 Å². The van der Waals surface area contributed by atoms with Crippen molar-refractivity contribution in [1.29, 1.82) is 0 Å². The van der Waals surface area contributed by atoms with Gasteiger partial charge in [-0.3, -0.25) is 14.5 Å². The monoisotopic (exact) mass is 434 g/mol. The summed E-state index contributed by atoms with van der Waals surface area (Å²) in [5, 5.41) is 3.12. The van der Waals surface area contributed by atoms with E-state index in [1.807, 2.05) is 0 Å². The van der Waals surface area contributed by atoms with E-state index in [-0.39, 0.29) is 28.7 Å². The summed E-state index contributed by atoms with van der Waals surface area (Å²) < 4.78 is 11.0. The third-order valence-corrected chi connectivity index (χ3v) is 5.39. The molecule has 0 radical (unpaired) electrons. The summed E-state index contributed by atoms with van der Waals surface area (Å²) in [4.78, 5) is 37.3. The first-order chi connectivity index (χ1) is 15.4. The van der Waals surface area contributed by atoms with E-state index in [4.69, 9.17) is 8.83 Å². The van der Waals surface area contributed by atoms with E-state index < -0.39 is 0 Å². The molecule has 0 bridgehead atoms. The molecule has 0 saturated heterocycles. The van der Waals surface area contributed by atoms with Crippen LogP contribution in [0.25, 0.3) is 22.9 Å². The van der Waals surface area contributed by atoms with Crippen molar-refractivity contribution in [3.8, 4) is 22.9 Å². The fraction of sp³-hybridized carbons (Fsp3) is 0.333. The van der Waals surface area contributed by atoms with Crippen LogP contribution in [0.4, 0.5) is 0 Å². The highest BCUT2D eigenvalue weighted by molar-refractivity contribution is 6.23. The summed E-state index contributed by atoms with van der Waals surface area (Å²) in [6, 6.07) is 7.62. The van der Waals surface area contributed by atoms with Gasteiger partial charge in [0.25, 0.3) is 0 Å². The Bertz CT molecular complexity index is 1140. The Labute approximate surface area is 186 Å². The lowest BCUT2D eigenvalue weighted by molar-refractivity contribution is 0.0969. The fourth-order valence-electron chi connectivity index (χ4n) is 3.89. The van der Waals surface area contributed by atoms with Crippen molar-refractivity contribution < 1.29 is 18.4 Å². The van der Waals surface area contributed by atoms with Gasteiger partial charge in [0.1, 0.15) is 22.8 Å². The molecule has 0 unspecified atom stereocenters. The summed E-state index contributed by atoms with van der Waals surface area (Å²) in [7, 11) is 0. The van der Waals surface area contributed by atoms with Gasteiger partial charge in [0.2, 0.25) is 11.6 Å². The predicted octanol–water partition coefficient (Wildman–Crippen LogP) is 3.97. The normalized spacial score (nSPS) is 13.8. The summed E-state index contributed by atoms with van der Waals surface area (Å²) in [6.07, 6.45) is 4.32. The first kappa shape index (κ1) is 21.7. The van der Waals surface area contributed by atoms with E-state index in [2.05, 4.69) is 47.9 Å². The molecule has 0 aliphatic heterocycles. The van der Waals surface area contributed by atoms with Crippen molar-refractivity contribution in [3.05, 3.63) is 60.0 Å². The maximum Gasteiger partial charge on any atom is 0.229 e. The Kier molecular flexibility index (Phi) is 6.05. The van der Waals surface area contributed by atoms with E-state index in [0.29, 0.717) is 41.5 Å². The molecule has 1 aliphatic rings. The van der Waals surface area contributed by atoms with Gasteiger partial charge in [-0.05, 0) is 52.0 Å². The molecule has 3 aromatic rings. The minimum absolute atomic E-state index is 0.00582. The fourth-order valence-corrected chi connectivity index (χ4v) is 3.89. The molecule has 8 nitrogen and oxygen atoms in total. The smallest absolute Gasteiger partial charge is 0.229 e. The van der Waals surface area contributed by atoms with E-state index in [0.717, 1.165) is 6.54 Å². The highest BCUT2D eigenvalue weighted by atomic mass is 16.3. The first-order valence-corrected chi connectivity index (χ1v) is 10.7. The number of hydrogen-bond donors (Lipinski definition) is 1. The van der Waals surface area contributed by atoms with Gasteiger partial charge >= 0.3 is 0 Å². The number of hydrogen-bond acceptors (Lipinski definition) is 8. The Morgan fingerprint density at radius 1 is 0.875 bits per heavy atom. The Balaban J connectivity index is 1.65. The van der Waals surface area contributed by atoms with Gasteiger partial charge in [-0.15, -0.1) is 0 Å². The van der Waals surface area contributed by atoms with Crippen LogP contribution in [0.1, 0.15) is 48.7 Å². The van der Waals surface area contributed by atoms with Crippen molar-refractivity contribution in [3.63, 3.8) is 0 Å². The third kappa shape index (κ3) is 4.13. The molecule has 0 aromatic carbocycles. The number of carbonyl (C=O) groups is 2. The third-order valence-electron chi connectivity index (χ3n) is 5.39. The van der Waals surface area contributed by atoms with Crippen LogP contribution in [0.3, 0.4) is 0 Å². The average Bonchev–Trinajstić information content (AvgIpc) is 3.47. The van der Waals surface area contributed by atoms with Crippen molar-refractivity contribution in [2.45, 2.75) is 39.8 Å². The number of allylic oxidation sites excluding steroid dienone is 2. The second-order valence-corrected chi connectivity index (χ2v) is 8.18. The number of fused-ring (bicyclic) bond motifs is 1. The van der Waals surface area contributed by atoms with Crippen molar-refractivity contribution >= 4 is 11.6 Å². The maximum atomic E-state index is 13.2. The lowest BCUT2D eigenvalue weighted by Gasteiger charge is -2.30. The van der Waals surface area contributed by atoms with Gasteiger partial charge in [-0.25, -0.2) is 9.97 Å². The van der Waals surface area contributed by atoms with Gasteiger partial charge < -0.3 is 14.2 Å². The quantitative estimate of drug-likeness (QED) is 0.568. The zero-order chi connectivity index (χ0) is 22.8. The number of carbonyl (C=O) groups excluding carboxylic acids is 2. The molecular weight excluding hydrogens is 408 g/mol. The van der Waals surface area contributed by atoms with Gasteiger partial charge in [0.15, 0.2) is 11.5 Å². The van der Waals surface area contributed by atoms with Crippen LogP contribution < -0.4 is 5.32 Å². The SMILES string of the molecule is CC(C)N(CCNC1=CC(=O)c2nc(-c3ccco3)c(-c3ccco3)nc2C1=O)C(C)C. The van der Waals surface area contributed by atoms with E-state index in [1.54, 1.807) is 24.3 Å². The Morgan fingerprint density at radius 2 is 1.44 bits per heavy atom. The van der Waals surface area contributed by atoms with Gasteiger partial charge in [-0.2, -0.15) is 0 Å². The number of Topliss-reactive ketones (excluding diaryl/α,β-unsaturated/α-hetero) is 1. The highest BCUT2D eigenvalue weighted by Crippen LogP contribution is 2.32. The van der Waals surface area contributed by atoms with E-state index in [9.17, 15) is 9.59 Å².